The highest BCUT2D eigenvalue weighted by molar-refractivity contribution is 5.95. The van der Waals surface area contributed by atoms with Gasteiger partial charge in [-0.1, -0.05) is 0 Å². The minimum Gasteiger partial charge on any atom is -0.396 e. The second kappa shape index (κ2) is 5.52. The van der Waals surface area contributed by atoms with Crippen LogP contribution in [0.2, 0.25) is 0 Å². The molecule has 1 fully saturated rings. The Kier molecular flexibility index (Phi) is 3.99. The van der Waals surface area contributed by atoms with Gasteiger partial charge in [0, 0.05) is 26.3 Å². The first-order valence-corrected chi connectivity index (χ1v) is 6.09. The van der Waals surface area contributed by atoms with Gasteiger partial charge in [0.1, 0.15) is 11.6 Å². The average molecular weight is 270 g/mol. The average Bonchev–Trinajstić information content (AvgIpc) is 2.42. The van der Waals surface area contributed by atoms with Gasteiger partial charge in [0.2, 0.25) is 0 Å². The molecule has 1 aliphatic heterocycles. The molecule has 0 aliphatic carbocycles. The van der Waals surface area contributed by atoms with Crippen LogP contribution in [0.25, 0.3) is 0 Å². The van der Waals surface area contributed by atoms with E-state index in [-0.39, 0.29) is 17.4 Å². The Morgan fingerprint density at radius 1 is 1.42 bits per heavy atom. The fraction of sp³-hybridized carbons (Fsp3) is 0.462. The highest BCUT2D eigenvalue weighted by Gasteiger charge is 2.26. The lowest BCUT2D eigenvalue weighted by molar-refractivity contribution is 0.0266. The molecule has 1 aromatic carbocycles. The molecule has 1 aliphatic rings. The lowest BCUT2D eigenvalue weighted by Gasteiger charge is -2.32. The number of anilines is 1. The highest BCUT2D eigenvalue weighted by Crippen LogP contribution is 2.21. The van der Waals surface area contributed by atoms with Crippen molar-refractivity contribution < 1.29 is 18.3 Å². The maximum atomic E-state index is 13.6. The molecule has 104 valence electrons. The van der Waals surface area contributed by atoms with Crippen LogP contribution in [0, 0.1) is 11.6 Å². The second-order valence-corrected chi connectivity index (χ2v) is 4.60. The number of amides is 1. The van der Waals surface area contributed by atoms with Crippen molar-refractivity contribution in [3.63, 3.8) is 0 Å². The molecule has 1 aromatic rings. The normalized spacial score (nSPS) is 19.5. The van der Waals surface area contributed by atoms with E-state index < -0.39 is 17.5 Å². The van der Waals surface area contributed by atoms with Crippen molar-refractivity contribution >= 4 is 11.6 Å². The molecular weight excluding hydrogens is 254 g/mol. The zero-order valence-electron chi connectivity index (χ0n) is 10.7. The van der Waals surface area contributed by atoms with Crippen LogP contribution in [0.3, 0.4) is 0 Å². The first kappa shape index (κ1) is 13.7. The second-order valence-electron chi connectivity index (χ2n) is 4.60. The largest absolute Gasteiger partial charge is 0.396 e. The molecule has 1 saturated heterocycles. The van der Waals surface area contributed by atoms with Gasteiger partial charge in [-0.3, -0.25) is 4.79 Å². The van der Waals surface area contributed by atoms with E-state index in [0.717, 1.165) is 18.9 Å². The van der Waals surface area contributed by atoms with Crippen LogP contribution in [-0.2, 0) is 4.74 Å². The van der Waals surface area contributed by atoms with E-state index in [0.29, 0.717) is 19.2 Å². The number of rotatable bonds is 2. The van der Waals surface area contributed by atoms with Gasteiger partial charge in [0.15, 0.2) is 0 Å². The molecule has 0 bridgehead atoms. The monoisotopic (exact) mass is 270 g/mol. The summed E-state index contributed by atoms with van der Waals surface area (Å²) in [5.74, 6) is -2.23. The molecule has 2 rings (SSSR count). The number of benzene rings is 1. The summed E-state index contributed by atoms with van der Waals surface area (Å²) in [4.78, 5) is 13.7. The van der Waals surface area contributed by atoms with Crippen LogP contribution in [0.4, 0.5) is 14.5 Å². The molecule has 1 amide bonds. The molecule has 6 heteroatoms. The minimum atomic E-state index is -0.892. The summed E-state index contributed by atoms with van der Waals surface area (Å²) >= 11 is 0. The predicted molar refractivity (Wildman–Crippen MR) is 66.7 cm³/mol. The molecule has 1 heterocycles. The smallest absolute Gasteiger partial charge is 0.256 e. The number of nitrogens with zero attached hydrogens (tertiary/aromatic N) is 1. The summed E-state index contributed by atoms with van der Waals surface area (Å²) < 4.78 is 31.9. The summed E-state index contributed by atoms with van der Waals surface area (Å²) in [6, 6.07) is 1.68. The van der Waals surface area contributed by atoms with Gasteiger partial charge in [-0.05, 0) is 18.9 Å². The number of carbonyl (C=O) groups is 1. The number of nitrogen functional groups attached to an aromatic ring is 1. The van der Waals surface area contributed by atoms with Crippen molar-refractivity contribution in [3.8, 4) is 0 Å². The number of hydrogen-bond donors (Lipinski definition) is 1. The number of carbonyl (C=O) groups excluding carboxylic acids is 1. The highest BCUT2D eigenvalue weighted by atomic mass is 19.1. The predicted octanol–water partition coefficient (Wildman–Crippen LogP) is 1.80. The standard InChI is InChI=1S/C13H16F2N2O2/c1-19-8-3-2-4-17(7-8)13(18)9-5-12(16)11(15)6-10(9)14/h5-6,8H,2-4,7,16H2,1H3. The van der Waals surface area contributed by atoms with E-state index in [2.05, 4.69) is 0 Å². The number of likely N-dealkylation sites (tertiary alicyclic amines) is 1. The lowest BCUT2D eigenvalue weighted by Crippen LogP contribution is -2.43. The zero-order valence-corrected chi connectivity index (χ0v) is 10.7. The van der Waals surface area contributed by atoms with Gasteiger partial charge in [0.25, 0.3) is 5.91 Å². The molecular formula is C13H16F2N2O2. The molecule has 2 N–H and O–H groups in total. The quantitative estimate of drug-likeness (QED) is 0.834. The molecule has 1 unspecified atom stereocenters. The van der Waals surface area contributed by atoms with Gasteiger partial charge >= 0.3 is 0 Å². The SMILES string of the molecule is COC1CCCN(C(=O)c2cc(N)c(F)cc2F)C1. The number of hydrogen-bond acceptors (Lipinski definition) is 3. The molecule has 0 radical (unpaired) electrons. The molecule has 0 saturated carbocycles. The number of piperidine rings is 1. The molecule has 19 heavy (non-hydrogen) atoms. The molecule has 0 aromatic heterocycles. The van der Waals surface area contributed by atoms with Gasteiger partial charge in [-0.25, -0.2) is 8.78 Å². The summed E-state index contributed by atoms with van der Waals surface area (Å²) in [7, 11) is 1.58. The zero-order chi connectivity index (χ0) is 14.0. The van der Waals surface area contributed by atoms with Crippen LogP contribution in [0.5, 0.6) is 0 Å². The molecule has 1 atom stereocenters. The fourth-order valence-corrected chi connectivity index (χ4v) is 2.22. The third kappa shape index (κ3) is 2.84. The van der Waals surface area contributed by atoms with E-state index in [1.165, 1.54) is 4.90 Å². The van der Waals surface area contributed by atoms with Gasteiger partial charge in [-0.15, -0.1) is 0 Å². The third-order valence-corrected chi connectivity index (χ3v) is 3.32. The Bertz CT molecular complexity index is 494. The van der Waals surface area contributed by atoms with Crippen LogP contribution < -0.4 is 5.73 Å². The van der Waals surface area contributed by atoms with Crippen LogP contribution in [0.1, 0.15) is 23.2 Å². The van der Waals surface area contributed by atoms with Gasteiger partial charge in [-0.2, -0.15) is 0 Å². The van der Waals surface area contributed by atoms with E-state index in [4.69, 9.17) is 10.5 Å². The van der Waals surface area contributed by atoms with E-state index in [1.807, 2.05) is 0 Å². The van der Waals surface area contributed by atoms with Gasteiger partial charge in [0.05, 0.1) is 17.4 Å². The van der Waals surface area contributed by atoms with Crippen molar-refractivity contribution in [1.82, 2.24) is 4.90 Å². The van der Waals surface area contributed by atoms with Crippen LogP contribution in [-0.4, -0.2) is 37.1 Å². The first-order valence-electron chi connectivity index (χ1n) is 6.09. The Hall–Kier alpha value is -1.69. The molecule has 0 spiro atoms. The summed E-state index contributed by atoms with van der Waals surface area (Å²) in [5, 5.41) is 0. The number of ether oxygens (including phenoxy) is 1. The maximum absolute atomic E-state index is 13.6. The summed E-state index contributed by atoms with van der Waals surface area (Å²) in [6.45, 7) is 0.946. The summed E-state index contributed by atoms with van der Waals surface area (Å²) in [6.07, 6.45) is 1.62. The van der Waals surface area contributed by atoms with Crippen molar-refractivity contribution in [2.75, 3.05) is 25.9 Å². The maximum Gasteiger partial charge on any atom is 0.256 e. The minimum absolute atomic E-state index is 0.0430. The number of halogens is 2. The Labute approximate surface area is 110 Å². The van der Waals surface area contributed by atoms with Crippen molar-refractivity contribution in [3.05, 3.63) is 29.3 Å². The van der Waals surface area contributed by atoms with Crippen LogP contribution >= 0.6 is 0 Å². The van der Waals surface area contributed by atoms with Gasteiger partial charge < -0.3 is 15.4 Å². The van der Waals surface area contributed by atoms with Crippen molar-refractivity contribution in [2.45, 2.75) is 18.9 Å². The van der Waals surface area contributed by atoms with Crippen LogP contribution in [0.15, 0.2) is 12.1 Å². The Morgan fingerprint density at radius 3 is 2.84 bits per heavy atom. The van der Waals surface area contributed by atoms with E-state index in [9.17, 15) is 13.6 Å². The number of nitrogens with two attached hydrogens (primary N) is 1. The van der Waals surface area contributed by atoms with Crippen molar-refractivity contribution in [2.24, 2.45) is 0 Å². The third-order valence-electron chi connectivity index (χ3n) is 3.32. The van der Waals surface area contributed by atoms with E-state index >= 15 is 0 Å². The number of methoxy groups -OCH3 is 1. The fourth-order valence-electron chi connectivity index (χ4n) is 2.22. The lowest BCUT2D eigenvalue weighted by atomic mass is 10.1. The topological polar surface area (TPSA) is 55.6 Å². The molecule has 4 nitrogen and oxygen atoms in total. The Balaban J connectivity index is 2.22. The van der Waals surface area contributed by atoms with E-state index in [1.54, 1.807) is 7.11 Å². The Morgan fingerprint density at radius 2 is 2.16 bits per heavy atom. The summed E-state index contributed by atoms with van der Waals surface area (Å²) in [5.41, 5.74) is 4.94. The van der Waals surface area contributed by atoms with Crippen molar-refractivity contribution in [1.29, 1.82) is 0 Å². The first-order chi connectivity index (χ1) is 9.02.